The Morgan fingerprint density at radius 2 is 1.42 bits per heavy atom. The smallest absolute Gasteiger partial charge is 0.230 e. The number of hydrogen-bond donors (Lipinski definition) is 1. The highest BCUT2D eigenvalue weighted by Crippen LogP contribution is 2.48. The highest BCUT2D eigenvalue weighted by molar-refractivity contribution is 6.01. The van der Waals surface area contributed by atoms with Crippen molar-refractivity contribution in [2.24, 2.45) is 17.8 Å². The molecule has 0 radical (unpaired) electrons. The molecule has 4 aromatic rings. The number of amides is 2. The van der Waals surface area contributed by atoms with Crippen molar-refractivity contribution in [3.05, 3.63) is 84.2 Å². The van der Waals surface area contributed by atoms with Crippen LogP contribution in [0.3, 0.4) is 0 Å². The van der Waals surface area contributed by atoms with Crippen molar-refractivity contribution in [3.63, 3.8) is 0 Å². The Labute approximate surface area is 387 Å². The fraction of sp³-hybridized carbons (Fsp3) is 0.538. The SMILES string of the molecule is CO[C@H]1CC[C@H](C(=O)N2Cc3cccnc3N(O[C@H]3CC[C@H](C(=O)N4Cc5cccnc5Nc5ccc(N6CCOCC6C6CC6)cc54)CC3)c3ccc(N4CCOC5(CC5)C4)cc32)CC1. The van der Waals surface area contributed by atoms with Gasteiger partial charge < -0.3 is 39.1 Å². The summed E-state index contributed by atoms with van der Waals surface area (Å²) in [4.78, 5) is 55.5. The van der Waals surface area contributed by atoms with Gasteiger partial charge in [-0.05, 0) is 131 Å². The molecular formula is C52H62N8O6. The van der Waals surface area contributed by atoms with Crippen LogP contribution in [0.5, 0.6) is 0 Å². The molecule has 2 saturated heterocycles. The second kappa shape index (κ2) is 17.4. The molecular weight excluding hydrogens is 833 g/mol. The van der Waals surface area contributed by atoms with Crippen molar-refractivity contribution in [1.82, 2.24) is 9.97 Å². The lowest BCUT2D eigenvalue weighted by Crippen LogP contribution is -2.47. The van der Waals surface area contributed by atoms with Crippen molar-refractivity contribution in [2.45, 2.75) is 114 Å². The zero-order valence-corrected chi connectivity index (χ0v) is 38.1. The monoisotopic (exact) mass is 894 g/mol. The Balaban J connectivity index is 0.817. The molecule has 1 atom stereocenters. The number of rotatable bonds is 8. The van der Waals surface area contributed by atoms with E-state index in [1.807, 2.05) is 33.2 Å². The number of nitrogens with zero attached hydrogens (tertiary/aromatic N) is 7. The van der Waals surface area contributed by atoms with Crippen LogP contribution in [0.4, 0.5) is 45.8 Å². The number of carbonyl (C=O) groups is 2. The molecule has 8 aliphatic rings. The Bertz CT molecular complexity index is 2460. The third-order valence-corrected chi connectivity index (χ3v) is 15.9. The van der Waals surface area contributed by atoms with Crippen molar-refractivity contribution in [1.29, 1.82) is 0 Å². The molecule has 14 heteroatoms. The van der Waals surface area contributed by atoms with E-state index in [-0.39, 0.29) is 41.5 Å². The lowest BCUT2D eigenvalue weighted by atomic mass is 9.86. The van der Waals surface area contributed by atoms with Crippen LogP contribution in [0.1, 0.15) is 88.2 Å². The summed E-state index contributed by atoms with van der Waals surface area (Å²) in [5.41, 5.74) is 7.55. The van der Waals surface area contributed by atoms with Gasteiger partial charge in [0.1, 0.15) is 5.82 Å². The number of aromatic nitrogens is 2. The summed E-state index contributed by atoms with van der Waals surface area (Å²) < 4.78 is 17.9. The van der Waals surface area contributed by atoms with Gasteiger partial charge in [0.15, 0.2) is 5.82 Å². The zero-order valence-electron chi connectivity index (χ0n) is 38.1. The minimum absolute atomic E-state index is 0.0453. The molecule has 1 spiro atoms. The summed E-state index contributed by atoms with van der Waals surface area (Å²) >= 11 is 0. The van der Waals surface area contributed by atoms with Gasteiger partial charge in [-0.25, -0.2) is 15.0 Å². The first-order valence-corrected chi connectivity index (χ1v) is 24.7. The number of hydrogen-bond acceptors (Lipinski definition) is 12. The van der Waals surface area contributed by atoms with Crippen LogP contribution in [-0.4, -0.2) is 92.2 Å². The molecule has 4 aliphatic carbocycles. The van der Waals surface area contributed by atoms with Gasteiger partial charge in [-0.15, -0.1) is 0 Å². The number of nitrogens with one attached hydrogen (secondary N) is 1. The van der Waals surface area contributed by atoms with Gasteiger partial charge in [0.05, 0.1) is 79.5 Å². The lowest BCUT2D eigenvalue weighted by Gasteiger charge is -2.38. The van der Waals surface area contributed by atoms with Crippen LogP contribution in [0.2, 0.25) is 0 Å². The van der Waals surface area contributed by atoms with Crippen LogP contribution < -0.4 is 30.0 Å². The molecule has 2 amide bonds. The molecule has 346 valence electrons. The molecule has 6 heterocycles. The normalized spacial score (nSPS) is 26.9. The molecule has 1 unspecified atom stereocenters. The summed E-state index contributed by atoms with van der Waals surface area (Å²) in [7, 11) is 1.77. The molecule has 1 N–H and O–H groups in total. The van der Waals surface area contributed by atoms with Gasteiger partial charge in [-0.3, -0.25) is 14.4 Å². The van der Waals surface area contributed by atoms with E-state index in [4.69, 9.17) is 24.0 Å². The molecule has 4 aliphatic heterocycles. The Morgan fingerprint density at radius 3 is 2.18 bits per heavy atom. The number of methoxy groups -OCH3 is 1. The molecule has 66 heavy (non-hydrogen) atoms. The minimum atomic E-state index is -0.170. The molecule has 0 bridgehead atoms. The van der Waals surface area contributed by atoms with Crippen molar-refractivity contribution >= 4 is 57.6 Å². The summed E-state index contributed by atoms with van der Waals surface area (Å²) in [6, 6.07) is 21.4. The van der Waals surface area contributed by atoms with Gasteiger partial charge in [0.25, 0.3) is 0 Å². The Hall–Kier alpha value is -5.28. The van der Waals surface area contributed by atoms with Gasteiger partial charge in [0, 0.05) is 73.5 Å². The van der Waals surface area contributed by atoms with E-state index in [0.29, 0.717) is 69.8 Å². The highest BCUT2D eigenvalue weighted by atomic mass is 16.7. The number of morpholine rings is 2. The maximum Gasteiger partial charge on any atom is 0.230 e. The molecule has 2 aromatic carbocycles. The molecule has 12 rings (SSSR count). The summed E-state index contributed by atoms with van der Waals surface area (Å²) in [5, 5.41) is 5.49. The van der Waals surface area contributed by atoms with Gasteiger partial charge in [0.2, 0.25) is 11.8 Å². The second-order valence-electron chi connectivity index (χ2n) is 20.1. The second-order valence-corrected chi connectivity index (χ2v) is 20.1. The number of carbonyl (C=O) groups excluding carboxylic acids is 2. The first-order chi connectivity index (χ1) is 32.4. The average molecular weight is 895 g/mol. The predicted molar refractivity (Wildman–Crippen MR) is 254 cm³/mol. The van der Waals surface area contributed by atoms with E-state index in [0.717, 1.165) is 116 Å². The minimum Gasteiger partial charge on any atom is -0.381 e. The summed E-state index contributed by atoms with van der Waals surface area (Å²) in [5.74, 6) is 2.17. The number of ether oxygens (including phenoxy) is 3. The van der Waals surface area contributed by atoms with E-state index >= 15 is 4.79 Å². The van der Waals surface area contributed by atoms with Crippen LogP contribution >= 0.6 is 0 Å². The van der Waals surface area contributed by atoms with Crippen molar-refractivity contribution < 1.29 is 28.6 Å². The number of pyridine rings is 2. The van der Waals surface area contributed by atoms with Gasteiger partial charge in [-0.1, -0.05) is 12.1 Å². The standard InChI is InChI=1S/C52H62N8O6/c1-63-41-14-8-35(9-15-41)51(62)59-31-38-5-3-23-54-49(38)60(44-19-13-39(28-46(44)59)56-24-27-65-52(33-56)20-21-52)66-42-16-10-36(11-17-42)50(61)58-30-37-4-2-22-53-48(37)55-43-18-12-40(29-45(43)58)57-25-26-64-32-47(57)34-6-7-34/h2-5,12-13,18-19,22-23,28-29,34-36,41-42,47H,6-11,14-17,20-21,24-27,30-33H2,1H3,(H,53,55)/t35-,36-,41-,42-,47?. The number of anilines is 8. The topological polar surface area (TPSA) is 125 Å². The van der Waals surface area contributed by atoms with E-state index in [2.05, 4.69) is 68.6 Å². The third-order valence-electron chi connectivity index (χ3n) is 15.9. The van der Waals surface area contributed by atoms with Crippen molar-refractivity contribution in [3.8, 4) is 0 Å². The third kappa shape index (κ3) is 8.07. The lowest BCUT2D eigenvalue weighted by molar-refractivity contribution is -0.125. The molecule has 4 saturated carbocycles. The van der Waals surface area contributed by atoms with E-state index < -0.39 is 0 Å². The number of benzene rings is 2. The molecule has 2 aromatic heterocycles. The van der Waals surface area contributed by atoms with Crippen molar-refractivity contribution in [2.75, 3.05) is 76.5 Å². The maximum atomic E-state index is 15.0. The van der Waals surface area contributed by atoms with Crippen LogP contribution in [0.25, 0.3) is 0 Å². The Morgan fingerprint density at radius 1 is 0.727 bits per heavy atom. The Kier molecular flexibility index (Phi) is 11.1. The van der Waals surface area contributed by atoms with E-state index in [1.54, 1.807) is 13.3 Å². The fourth-order valence-corrected chi connectivity index (χ4v) is 11.7. The largest absolute Gasteiger partial charge is 0.381 e. The van der Waals surface area contributed by atoms with Gasteiger partial charge in [-0.2, -0.15) is 0 Å². The van der Waals surface area contributed by atoms with Crippen LogP contribution in [0, 0.1) is 17.8 Å². The summed E-state index contributed by atoms with van der Waals surface area (Å²) in [6.45, 7) is 5.48. The summed E-state index contributed by atoms with van der Waals surface area (Å²) in [6.07, 6.45) is 14.5. The fourth-order valence-electron chi connectivity index (χ4n) is 11.7. The van der Waals surface area contributed by atoms with Crippen LogP contribution in [-0.2, 0) is 41.7 Å². The number of fused-ring (bicyclic) bond motifs is 4. The quantitative estimate of drug-likeness (QED) is 0.183. The molecule has 6 fully saturated rings. The zero-order chi connectivity index (χ0) is 44.4. The molecule has 14 nitrogen and oxygen atoms in total. The van der Waals surface area contributed by atoms with Gasteiger partial charge >= 0.3 is 0 Å². The van der Waals surface area contributed by atoms with Crippen LogP contribution in [0.15, 0.2) is 73.1 Å². The van der Waals surface area contributed by atoms with E-state index in [9.17, 15) is 4.79 Å². The first-order valence-electron chi connectivity index (χ1n) is 24.7. The average Bonchev–Trinajstić information content (AvgIpc) is 4.32. The highest BCUT2D eigenvalue weighted by Gasteiger charge is 2.48. The maximum absolute atomic E-state index is 15.0. The first kappa shape index (κ1) is 42.1. The van der Waals surface area contributed by atoms with E-state index in [1.165, 1.54) is 12.8 Å². The predicted octanol–water partition coefficient (Wildman–Crippen LogP) is 8.43.